The summed E-state index contributed by atoms with van der Waals surface area (Å²) in [5.74, 6) is 2.49. The van der Waals surface area contributed by atoms with E-state index in [4.69, 9.17) is 9.73 Å². The molecule has 0 heterocycles. The molecule has 0 aliphatic heterocycles. The van der Waals surface area contributed by atoms with Gasteiger partial charge in [0.15, 0.2) is 5.96 Å². The van der Waals surface area contributed by atoms with Crippen molar-refractivity contribution in [2.45, 2.75) is 58.7 Å². The van der Waals surface area contributed by atoms with Gasteiger partial charge in [-0.2, -0.15) is 0 Å². The van der Waals surface area contributed by atoms with Gasteiger partial charge in [-0.05, 0) is 75.5 Å². The zero-order chi connectivity index (χ0) is 18.6. The summed E-state index contributed by atoms with van der Waals surface area (Å²) in [5, 5.41) is 17.1. The number of aliphatic hydroxyl groups is 1. The molecule has 0 radical (unpaired) electrons. The lowest BCUT2D eigenvalue weighted by Crippen LogP contribution is -2.39. The summed E-state index contributed by atoms with van der Waals surface area (Å²) in [6.45, 7) is 8.20. The normalized spacial score (nSPS) is 19.2. The summed E-state index contributed by atoms with van der Waals surface area (Å²) in [6, 6.07) is 7.67. The third-order valence-electron chi connectivity index (χ3n) is 5.31. The largest absolute Gasteiger partial charge is 0.491 e. The van der Waals surface area contributed by atoms with Crippen molar-refractivity contribution in [3.63, 3.8) is 0 Å². The van der Waals surface area contributed by atoms with Crippen molar-refractivity contribution in [1.29, 1.82) is 0 Å². The summed E-state index contributed by atoms with van der Waals surface area (Å²) < 4.78 is 5.71. The first-order chi connectivity index (χ1) is 12.5. The van der Waals surface area contributed by atoms with Gasteiger partial charge in [0.05, 0.1) is 12.2 Å². The van der Waals surface area contributed by atoms with Crippen LogP contribution in [0.4, 0.5) is 0 Å². The number of hydrogen-bond acceptors (Lipinski definition) is 3. The highest BCUT2D eigenvalue weighted by molar-refractivity contribution is 14.0. The standard InChI is InChI=1S/C21H33N3O2.HI/c1-4-22-20(24-14-21(10-11-21)17-8-9-17)23-13-19(25)16-6-5-7-18(12-16)26-15(2)3;/h5-7,12,15,17,19,25H,4,8-11,13-14H2,1-3H3,(H2,22,23,24);1H. The molecule has 2 aliphatic rings. The van der Waals surface area contributed by atoms with E-state index in [1.54, 1.807) is 0 Å². The second kappa shape index (κ2) is 9.96. The fraction of sp³-hybridized carbons (Fsp3) is 0.667. The van der Waals surface area contributed by atoms with Gasteiger partial charge in [0.1, 0.15) is 5.75 Å². The van der Waals surface area contributed by atoms with Gasteiger partial charge in [-0.15, -0.1) is 24.0 Å². The van der Waals surface area contributed by atoms with E-state index in [2.05, 4.69) is 17.6 Å². The molecule has 0 amide bonds. The first-order valence-electron chi connectivity index (χ1n) is 9.99. The fourth-order valence-electron chi connectivity index (χ4n) is 3.51. The molecule has 1 unspecified atom stereocenters. The van der Waals surface area contributed by atoms with Crippen molar-refractivity contribution in [1.82, 2.24) is 10.6 Å². The molecule has 0 bridgehead atoms. The molecule has 1 atom stereocenters. The van der Waals surface area contributed by atoms with Gasteiger partial charge < -0.3 is 20.5 Å². The van der Waals surface area contributed by atoms with Crippen LogP contribution in [0.15, 0.2) is 29.3 Å². The van der Waals surface area contributed by atoms with E-state index < -0.39 is 6.10 Å². The fourth-order valence-corrected chi connectivity index (χ4v) is 3.51. The first-order valence-corrected chi connectivity index (χ1v) is 9.99. The number of halogens is 1. The monoisotopic (exact) mass is 487 g/mol. The topological polar surface area (TPSA) is 65.9 Å². The predicted octanol–water partition coefficient (Wildman–Crippen LogP) is 3.87. The highest BCUT2D eigenvalue weighted by atomic mass is 127. The number of guanidine groups is 1. The molecule has 2 saturated carbocycles. The highest BCUT2D eigenvalue weighted by Crippen LogP contribution is 2.61. The number of hydrogen-bond donors (Lipinski definition) is 3. The number of nitrogens with one attached hydrogen (secondary N) is 2. The second-order valence-corrected chi connectivity index (χ2v) is 7.97. The van der Waals surface area contributed by atoms with E-state index in [-0.39, 0.29) is 30.1 Å². The van der Waals surface area contributed by atoms with Crippen LogP contribution in [-0.2, 0) is 0 Å². The number of aliphatic imine (C=N–C) groups is 1. The molecule has 1 aromatic carbocycles. The Morgan fingerprint density at radius 1 is 1.30 bits per heavy atom. The average molecular weight is 487 g/mol. The Morgan fingerprint density at radius 2 is 2.04 bits per heavy atom. The van der Waals surface area contributed by atoms with Crippen LogP contribution in [0.1, 0.15) is 58.1 Å². The Balaban J connectivity index is 0.00000261. The number of ether oxygens (including phenoxy) is 1. The van der Waals surface area contributed by atoms with Crippen LogP contribution >= 0.6 is 24.0 Å². The van der Waals surface area contributed by atoms with E-state index in [9.17, 15) is 5.11 Å². The van der Waals surface area contributed by atoms with Gasteiger partial charge >= 0.3 is 0 Å². The molecule has 2 aliphatic carbocycles. The van der Waals surface area contributed by atoms with Crippen molar-refractivity contribution in [2.24, 2.45) is 16.3 Å². The summed E-state index contributed by atoms with van der Waals surface area (Å²) in [5.41, 5.74) is 1.34. The zero-order valence-electron chi connectivity index (χ0n) is 16.7. The van der Waals surface area contributed by atoms with Crippen molar-refractivity contribution < 1.29 is 9.84 Å². The molecule has 0 aromatic heterocycles. The van der Waals surface area contributed by atoms with Crippen LogP contribution < -0.4 is 15.4 Å². The van der Waals surface area contributed by atoms with Crippen LogP contribution in [0.2, 0.25) is 0 Å². The molecule has 0 saturated heterocycles. The molecule has 1 aromatic rings. The molecule has 3 N–H and O–H groups in total. The second-order valence-electron chi connectivity index (χ2n) is 7.97. The number of benzene rings is 1. The van der Waals surface area contributed by atoms with Gasteiger partial charge in [-0.3, -0.25) is 4.99 Å². The minimum atomic E-state index is -0.604. The quantitative estimate of drug-likeness (QED) is 0.281. The van der Waals surface area contributed by atoms with Crippen LogP contribution in [-0.4, -0.2) is 36.8 Å². The number of rotatable bonds is 9. The lowest BCUT2D eigenvalue weighted by molar-refractivity contribution is 0.179. The van der Waals surface area contributed by atoms with Crippen molar-refractivity contribution in [3.05, 3.63) is 29.8 Å². The molecule has 5 nitrogen and oxygen atoms in total. The van der Waals surface area contributed by atoms with Gasteiger partial charge in [-0.25, -0.2) is 0 Å². The Labute approximate surface area is 180 Å². The lowest BCUT2D eigenvalue weighted by atomic mass is 10.0. The van der Waals surface area contributed by atoms with Crippen molar-refractivity contribution in [3.8, 4) is 5.75 Å². The molecular weight excluding hydrogens is 453 g/mol. The van der Waals surface area contributed by atoms with E-state index in [1.165, 1.54) is 25.7 Å². The van der Waals surface area contributed by atoms with E-state index >= 15 is 0 Å². The maximum absolute atomic E-state index is 10.5. The van der Waals surface area contributed by atoms with Gasteiger partial charge in [0.25, 0.3) is 0 Å². The minimum Gasteiger partial charge on any atom is -0.491 e. The summed E-state index contributed by atoms with van der Waals surface area (Å²) in [4.78, 5) is 4.79. The Morgan fingerprint density at radius 3 is 2.63 bits per heavy atom. The minimum absolute atomic E-state index is 0. The Kier molecular flexibility index (Phi) is 8.21. The third-order valence-corrected chi connectivity index (χ3v) is 5.31. The van der Waals surface area contributed by atoms with Crippen LogP contribution in [0.3, 0.4) is 0 Å². The number of nitrogens with zero attached hydrogens (tertiary/aromatic N) is 1. The van der Waals surface area contributed by atoms with Crippen LogP contribution in [0, 0.1) is 11.3 Å². The van der Waals surface area contributed by atoms with Gasteiger partial charge in [0, 0.05) is 19.6 Å². The molecule has 27 heavy (non-hydrogen) atoms. The predicted molar refractivity (Wildman–Crippen MR) is 121 cm³/mol. The van der Waals surface area contributed by atoms with Gasteiger partial charge in [-0.1, -0.05) is 12.1 Å². The molecule has 0 spiro atoms. The first kappa shape index (κ1) is 22.3. The van der Waals surface area contributed by atoms with Crippen LogP contribution in [0.5, 0.6) is 5.75 Å². The number of aliphatic hydroxyl groups excluding tert-OH is 1. The van der Waals surface area contributed by atoms with Crippen molar-refractivity contribution >= 4 is 29.9 Å². The SMILES string of the molecule is CCNC(=NCC1(C2CC2)CC1)NCC(O)c1cccc(OC(C)C)c1.I. The molecular formula is C21H34IN3O2. The maximum atomic E-state index is 10.5. The summed E-state index contributed by atoms with van der Waals surface area (Å²) in [7, 11) is 0. The zero-order valence-corrected chi connectivity index (χ0v) is 19.0. The Bertz CT molecular complexity index is 628. The van der Waals surface area contributed by atoms with E-state index in [0.29, 0.717) is 12.0 Å². The average Bonchev–Trinajstić information content (AvgIpc) is 3.50. The van der Waals surface area contributed by atoms with E-state index in [0.717, 1.165) is 36.3 Å². The molecule has 152 valence electrons. The molecule has 2 fully saturated rings. The summed E-state index contributed by atoms with van der Waals surface area (Å²) >= 11 is 0. The third kappa shape index (κ3) is 6.52. The summed E-state index contributed by atoms with van der Waals surface area (Å²) in [6.07, 6.45) is 4.93. The molecule has 3 rings (SSSR count). The van der Waals surface area contributed by atoms with Gasteiger partial charge in [0.2, 0.25) is 0 Å². The maximum Gasteiger partial charge on any atom is 0.191 e. The smallest absolute Gasteiger partial charge is 0.191 e. The van der Waals surface area contributed by atoms with E-state index in [1.807, 2.05) is 38.1 Å². The van der Waals surface area contributed by atoms with Crippen LogP contribution in [0.25, 0.3) is 0 Å². The van der Waals surface area contributed by atoms with Crippen molar-refractivity contribution in [2.75, 3.05) is 19.6 Å². The molecule has 6 heteroatoms. The highest BCUT2D eigenvalue weighted by Gasteiger charge is 2.53. The lowest BCUT2D eigenvalue weighted by Gasteiger charge is -2.18. The Hall–Kier alpha value is -1.02.